The van der Waals surface area contributed by atoms with Gasteiger partial charge in [-0.1, -0.05) is 18.2 Å². The Hall–Kier alpha value is -2.96. The molecule has 7 rings (SSSR count). The molecule has 1 unspecified atom stereocenters. The minimum atomic E-state index is -0.257. The minimum absolute atomic E-state index is 0.0299. The van der Waals surface area contributed by atoms with Crippen molar-refractivity contribution in [2.45, 2.75) is 76.5 Å². The number of fused-ring (bicyclic) bond motifs is 1. The molecule has 37 heavy (non-hydrogen) atoms. The molecule has 0 saturated heterocycles. The number of hydrogen-bond donors (Lipinski definition) is 1. The van der Waals surface area contributed by atoms with Crippen LogP contribution in [-0.2, 0) is 11.3 Å². The number of urea groups is 1. The van der Waals surface area contributed by atoms with Crippen molar-refractivity contribution in [2.24, 2.45) is 17.8 Å². The normalized spacial score (nSPS) is 29.8. The maximum atomic E-state index is 14.0. The van der Waals surface area contributed by atoms with E-state index in [0.29, 0.717) is 6.54 Å². The van der Waals surface area contributed by atoms with Gasteiger partial charge in [-0.15, -0.1) is 0 Å². The summed E-state index contributed by atoms with van der Waals surface area (Å²) in [5.74, 6) is 3.00. The Morgan fingerprint density at radius 2 is 1.70 bits per heavy atom. The quantitative estimate of drug-likeness (QED) is 0.614. The maximum Gasteiger partial charge on any atom is 0.318 e. The zero-order valence-electron chi connectivity index (χ0n) is 22.4. The molecule has 0 radical (unpaired) electrons. The van der Waals surface area contributed by atoms with Crippen molar-refractivity contribution in [3.05, 3.63) is 53.9 Å². The second kappa shape index (κ2) is 9.41. The van der Waals surface area contributed by atoms with Gasteiger partial charge in [0, 0.05) is 42.1 Å². The number of nitrogens with zero attached hydrogens (tertiary/aromatic N) is 3. The van der Waals surface area contributed by atoms with E-state index in [2.05, 4.69) is 22.1 Å². The summed E-state index contributed by atoms with van der Waals surface area (Å²) in [5.41, 5.74) is 1.96. The summed E-state index contributed by atoms with van der Waals surface area (Å²) in [6, 6.07) is 11.6. The topological polar surface area (TPSA) is 66.8 Å². The van der Waals surface area contributed by atoms with E-state index in [4.69, 9.17) is 4.74 Å². The predicted octanol–water partition coefficient (Wildman–Crippen LogP) is 4.82. The molecular formula is C30H40N4O3. The molecule has 7 nitrogen and oxygen atoms in total. The smallest absolute Gasteiger partial charge is 0.318 e. The average Bonchev–Trinajstić information content (AvgIpc) is 3.34. The number of rotatable bonds is 6. The van der Waals surface area contributed by atoms with Gasteiger partial charge >= 0.3 is 6.03 Å². The molecule has 3 amide bonds. The summed E-state index contributed by atoms with van der Waals surface area (Å²) < 4.78 is 7.90. The molecule has 5 aliphatic rings. The van der Waals surface area contributed by atoms with E-state index in [1.54, 1.807) is 12.0 Å². The zero-order chi connectivity index (χ0) is 25.7. The Morgan fingerprint density at radius 1 is 1.03 bits per heavy atom. The van der Waals surface area contributed by atoms with Crippen LogP contribution < -0.4 is 10.1 Å². The van der Waals surface area contributed by atoms with Crippen LogP contribution in [-0.4, -0.2) is 58.1 Å². The molecule has 1 aromatic carbocycles. The highest BCUT2D eigenvalue weighted by Gasteiger charge is 2.52. The van der Waals surface area contributed by atoms with Crippen LogP contribution in [0.25, 0.3) is 0 Å². The van der Waals surface area contributed by atoms with Gasteiger partial charge in [-0.2, -0.15) is 0 Å². The van der Waals surface area contributed by atoms with E-state index >= 15 is 0 Å². The molecule has 4 aliphatic carbocycles. The first-order valence-electron chi connectivity index (χ1n) is 14.0. The SMILES string of the molecule is COc1ccccc1C1c2cccn2CCN1C(=O)CN(C(=O)NC12CC3CC(CC(C3)C1)C2)C(C)C. The van der Waals surface area contributed by atoms with Gasteiger partial charge in [-0.05, 0) is 88.3 Å². The molecule has 1 aromatic heterocycles. The summed E-state index contributed by atoms with van der Waals surface area (Å²) in [6.07, 6.45) is 9.38. The van der Waals surface area contributed by atoms with Gasteiger partial charge in [0.25, 0.3) is 0 Å². The summed E-state index contributed by atoms with van der Waals surface area (Å²) in [7, 11) is 1.67. The third-order valence-electron chi connectivity index (χ3n) is 9.39. The number of aromatic nitrogens is 1. The largest absolute Gasteiger partial charge is 0.496 e. The molecule has 4 saturated carbocycles. The highest BCUT2D eigenvalue weighted by molar-refractivity contribution is 5.85. The number of hydrogen-bond acceptors (Lipinski definition) is 3. The van der Waals surface area contributed by atoms with Gasteiger partial charge in [0.2, 0.25) is 5.91 Å². The number of nitrogens with one attached hydrogen (secondary N) is 1. The Morgan fingerprint density at radius 3 is 2.35 bits per heavy atom. The minimum Gasteiger partial charge on any atom is -0.496 e. The fraction of sp³-hybridized carbons (Fsp3) is 0.600. The van der Waals surface area contributed by atoms with Gasteiger partial charge in [-0.3, -0.25) is 4.79 Å². The van der Waals surface area contributed by atoms with Gasteiger partial charge in [0.1, 0.15) is 18.3 Å². The van der Waals surface area contributed by atoms with E-state index in [1.807, 2.05) is 49.1 Å². The summed E-state index contributed by atoms with van der Waals surface area (Å²) >= 11 is 0. The zero-order valence-corrected chi connectivity index (χ0v) is 22.4. The van der Waals surface area contributed by atoms with Gasteiger partial charge in [-0.25, -0.2) is 4.79 Å². The second-order valence-electron chi connectivity index (χ2n) is 12.2. The molecule has 2 aromatic rings. The van der Waals surface area contributed by atoms with E-state index in [1.165, 1.54) is 19.3 Å². The molecule has 4 bridgehead atoms. The standard InChI is InChI=1S/C30H40N4O3/c1-20(2)34(29(36)31-30-16-21-13-22(17-30)15-23(14-21)18-30)19-27(35)33-12-11-32-10-6-8-25(32)28(33)24-7-4-5-9-26(24)37-3/h4-10,20-23,28H,11-19H2,1-3H3,(H,31,36). The van der Waals surface area contributed by atoms with Crippen molar-refractivity contribution in [2.75, 3.05) is 20.2 Å². The highest BCUT2D eigenvalue weighted by Crippen LogP contribution is 2.55. The average molecular weight is 505 g/mol. The van der Waals surface area contributed by atoms with Crippen molar-refractivity contribution >= 4 is 11.9 Å². The summed E-state index contributed by atoms with van der Waals surface area (Å²) in [4.78, 5) is 31.3. The van der Waals surface area contributed by atoms with Crippen LogP contribution in [0.4, 0.5) is 4.79 Å². The maximum absolute atomic E-state index is 14.0. The van der Waals surface area contributed by atoms with Crippen LogP contribution in [0.5, 0.6) is 5.75 Å². The first-order valence-corrected chi connectivity index (χ1v) is 14.0. The van der Waals surface area contributed by atoms with Gasteiger partial charge in [0.05, 0.1) is 7.11 Å². The third-order valence-corrected chi connectivity index (χ3v) is 9.39. The van der Waals surface area contributed by atoms with Crippen molar-refractivity contribution in [3.8, 4) is 5.75 Å². The lowest BCUT2D eigenvalue weighted by Gasteiger charge is -2.57. The van der Waals surface area contributed by atoms with E-state index in [-0.39, 0.29) is 36.1 Å². The third kappa shape index (κ3) is 4.40. The molecule has 1 atom stereocenters. The number of amides is 3. The number of carbonyl (C=O) groups excluding carboxylic acids is 2. The van der Waals surface area contributed by atoms with Crippen LogP contribution in [0.1, 0.15) is 69.7 Å². The summed E-state index contributed by atoms with van der Waals surface area (Å²) in [5, 5.41) is 3.48. The summed E-state index contributed by atoms with van der Waals surface area (Å²) in [6.45, 7) is 5.41. The molecule has 2 heterocycles. The highest BCUT2D eigenvalue weighted by atomic mass is 16.5. The fourth-order valence-electron chi connectivity index (χ4n) is 8.16. The van der Waals surface area contributed by atoms with Crippen molar-refractivity contribution in [1.29, 1.82) is 0 Å². The molecule has 1 aliphatic heterocycles. The lowest BCUT2D eigenvalue weighted by atomic mass is 9.53. The first-order chi connectivity index (χ1) is 17.9. The second-order valence-corrected chi connectivity index (χ2v) is 12.2. The van der Waals surface area contributed by atoms with E-state index < -0.39 is 0 Å². The Labute approximate surface area is 220 Å². The predicted molar refractivity (Wildman–Crippen MR) is 142 cm³/mol. The fourth-order valence-corrected chi connectivity index (χ4v) is 8.16. The van der Waals surface area contributed by atoms with Crippen LogP contribution in [0.2, 0.25) is 0 Å². The van der Waals surface area contributed by atoms with Crippen LogP contribution >= 0.6 is 0 Å². The van der Waals surface area contributed by atoms with Crippen molar-refractivity contribution in [3.63, 3.8) is 0 Å². The number of benzene rings is 1. The Balaban J connectivity index is 1.23. The van der Waals surface area contributed by atoms with Crippen LogP contribution in [0.15, 0.2) is 42.6 Å². The number of methoxy groups -OCH3 is 1. The van der Waals surface area contributed by atoms with Crippen LogP contribution in [0.3, 0.4) is 0 Å². The molecule has 198 valence electrons. The molecular weight excluding hydrogens is 464 g/mol. The molecule has 4 fully saturated rings. The van der Waals surface area contributed by atoms with Crippen molar-refractivity contribution in [1.82, 2.24) is 19.7 Å². The van der Waals surface area contributed by atoms with E-state index in [0.717, 1.165) is 60.6 Å². The number of carbonyl (C=O) groups is 2. The molecule has 7 heteroatoms. The number of para-hydroxylation sites is 1. The van der Waals surface area contributed by atoms with Gasteiger partial charge in [0.15, 0.2) is 0 Å². The molecule has 0 spiro atoms. The van der Waals surface area contributed by atoms with E-state index in [9.17, 15) is 9.59 Å². The first kappa shape index (κ1) is 24.4. The Kier molecular flexibility index (Phi) is 6.20. The lowest BCUT2D eigenvalue weighted by Crippen LogP contribution is -2.63. The Bertz CT molecular complexity index is 1140. The lowest BCUT2D eigenvalue weighted by molar-refractivity contribution is -0.135. The van der Waals surface area contributed by atoms with Crippen molar-refractivity contribution < 1.29 is 14.3 Å². The monoisotopic (exact) mass is 504 g/mol. The van der Waals surface area contributed by atoms with Gasteiger partial charge < -0.3 is 24.4 Å². The molecule has 1 N–H and O–H groups in total. The number of ether oxygens (including phenoxy) is 1. The van der Waals surface area contributed by atoms with Crippen LogP contribution in [0, 0.1) is 17.8 Å².